The van der Waals surface area contributed by atoms with Crippen molar-refractivity contribution < 1.29 is 14.3 Å². The first kappa shape index (κ1) is 14.8. The maximum Gasteiger partial charge on any atom is 0.213 e. The molecule has 0 bridgehead atoms. The van der Waals surface area contributed by atoms with Crippen LogP contribution in [0, 0.1) is 0 Å². The molecule has 0 radical (unpaired) electrons. The molecule has 116 valence electrons. The van der Waals surface area contributed by atoms with Crippen LogP contribution in [0.2, 0.25) is 0 Å². The zero-order valence-electron chi connectivity index (χ0n) is 12.8. The van der Waals surface area contributed by atoms with Gasteiger partial charge in [-0.2, -0.15) is 5.10 Å². The smallest absolute Gasteiger partial charge is 0.213 e. The first-order valence-electron chi connectivity index (χ1n) is 6.95. The van der Waals surface area contributed by atoms with Gasteiger partial charge in [0.1, 0.15) is 11.4 Å². The number of benzene rings is 1. The van der Waals surface area contributed by atoms with Crippen molar-refractivity contribution in [3.05, 3.63) is 54.4 Å². The van der Waals surface area contributed by atoms with E-state index in [2.05, 4.69) is 10.1 Å². The van der Waals surface area contributed by atoms with Crippen molar-refractivity contribution in [2.75, 3.05) is 14.2 Å². The Labute approximate surface area is 133 Å². The van der Waals surface area contributed by atoms with E-state index in [9.17, 15) is 4.79 Å². The number of hydrogen-bond donors (Lipinski definition) is 0. The lowest BCUT2D eigenvalue weighted by molar-refractivity contribution is 0.111. The van der Waals surface area contributed by atoms with E-state index in [-0.39, 0.29) is 0 Å². The number of nitrogens with zero attached hydrogens (tertiary/aromatic N) is 3. The number of rotatable bonds is 5. The van der Waals surface area contributed by atoms with Gasteiger partial charge < -0.3 is 9.47 Å². The molecule has 0 aliphatic heterocycles. The molecule has 0 spiro atoms. The zero-order chi connectivity index (χ0) is 16.2. The van der Waals surface area contributed by atoms with Crippen molar-refractivity contribution in [1.29, 1.82) is 0 Å². The SMILES string of the molecule is COc1ccc(-c2cc(C=O)nn2-c2ccc(OC)nc2)cc1. The van der Waals surface area contributed by atoms with Gasteiger partial charge in [0.25, 0.3) is 0 Å². The second kappa shape index (κ2) is 6.31. The lowest BCUT2D eigenvalue weighted by Gasteiger charge is -2.08. The third kappa shape index (κ3) is 2.91. The largest absolute Gasteiger partial charge is 0.497 e. The zero-order valence-corrected chi connectivity index (χ0v) is 12.8. The third-order valence-corrected chi connectivity index (χ3v) is 3.41. The van der Waals surface area contributed by atoms with Gasteiger partial charge in [-0.05, 0) is 36.4 Å². The highest BCUT2D eigenvalue weighted by Gasteiger charge is 2.12. The molecule has 2 heterocycles. The number of ether oxygens (including phenoxy) is 2. The minimum Gasteiger partial charge on any atom is -0.497 e. The van der Waals surface area contributed by atoms with Gasteiger partial charge in [0.15, 0.2) is 6.29 Å². The van der Waals surface area contributed by atoms with Crippen LogP contribution in [-0.2, 0) is 0 Å². The van der Waals surface area contributed by atoms with Crippen molar-refractivity contribution in [1.82, 2.24) is 14.8 Å². The molecular formula is C17H15N3O3. The first-order chi connectivity index (χ1) is 11.2. The fourth-order valence-corrected chi connectivity index (χ4v) is 2.24. The molecule has 1 aromatic carbocycles. The summed E-state index contributed by atoms with van der Waals surface area (Å²) in [6, 6.07) is 12.9. The Morgan fingerprint density at radius 2 is 1.83 bits per heavy atom. The first-order valence-corrected chi connectivity index (χ1v) is 6.95. The standard InChI is InChI=1S/C17H15N3O3/c1-22-15-6-3-12(4-7-15)16-9-13(11-21)19-20(16)14-5-8-17(23-2)18-10-14/h3-11H,1-2H3. The second-order valence-electron chi connectivity index (χ2n) is 4.77. The molecule has 0 atom stereocenters. The van der Waals surface area contributed by atoms with Crippen molar-refractivity contribution >= 4 is 6.29 Å². The van der Waals surface area contributed by atoms with E-state index >= 15 is 0 Å². The molecule has 0 amide bonds. The Bertz CT molecular complexity index is 743. The number of carbonyl (C=O) groups is 1. The van der Waals surface area contributed by atoms with Crippen molar-refractivity contribution in [3.8, 4) is 28.6 Å². The molecule has 6 heteroatoms. The van der Waals surface area contributed by atoms with E-state index in [1.807, 2.05) is 30.3 Å². The van der Waals surface area contributed by atoms with E-state index in [1.165, 1.54) is 0 Å². The van der Waals surface area contributed by atoms with Crippen molar-refractivity contribution in [2.45, 2.75) is 0 Å². The molecule has 3 aromatic rings. The Hall–Kier alpha value is -3.15. The molecule has 0 N–H and O–H groups in total. The minimum atomic E-state index is 0.353. The molecule has 6 nitrogen and oxygen atoms in total. The number of aldehydes is 1. The summed E-state index contributed by atoms with van der Waals surface area (Å²) in [7, 11) is 3.18. The number of aromatic nitrogens is 3. The fraction of sp³-hybridized carbons (Fsp3) is 0.118. The van der Waals surface area contributed by atoms with Crippen LogP contribution in [0.25, 0.3) is 16.9 Å². The van der Waals surface area contributed by atoms with Crippen molar-refractivity contribution in [2.24, 2.45) is 0 Å². The van der Waals surface area contributed by atoms with Crippen molar-refractivity contribution in [3.63, 3.8) is 0 Å². The average Bonchev–Trinajstić information content (AvgIpc) is 3.06. The molecule has 0 saturated carbocycles. The average molecular weight is 309 g/mol. The number of carbonyl (C=O) groups excluding carboxylic acids is 1. The van der Waals surface area contributed by atoms with E-state index in [4.69, 9.17) is 9.47 Å². The molecule has 3 rings (SSSR count). The van der Waals surface area contributed by atoms with Crippen LogP contribution in [0.5, 0.6) is 11.6 Å². The Kier molecular flexibility index (Phi) is 4.05. The van der Waals surface area contributed by atoms with Gasteiger partial charge in [0, 0.05) is 11.6 Å². The van der Waals surface area contributed by atoms with Gasteiger partial charge in [0.05, 0.1) is 31.8 Å². The summed E-state index contributed by atoms with van der Waals surface area (Å²) in [6.07, 6.45) is 2.37. The highest BCUT2D eigenvalue weighted by molar-refractivity contribution is 5.76. The molecule has 0 fully saturated rings. The summed E-state index contributed by atoms with van der Waals surface area (Å²) in [4.78, 5) is 15.3. The van der Waals surface area contributed by atoms with Crippen LogP contribution >= 0.6 is 0 Å². The predicted octanol–water partition coefficient (Wildman–Crippen LogP) is 2.76. The number of pyridine rings is 1. The van der Waals surface area contributed by atoms with Gasteiger partial charge in [-0.1, -0.05) is 0 Å². The van der Waals surface area contributed by atoms with Gasteiger partial charge in [0.2, 0.25) is 5.88 Å². The predicted molar refractivity (Wildman–Crippen MR) is 85.3 cm³/mol. The third-order valence-electron chi connectivity index (χ3n) is 3.41. The monoisotopic (exact) mass is 309 g/mol. The Morgan fingerprint density at radius 1 is 1.04 bits per heavy atom. The van der Waals surface area contributed by atoms with Gasteiger partial charge >= 0.3 is 0 Å². The summed E-state index contributed by atoms with van der Waals surface area (Å²) >= 11 is 0. The molecule has 0 saturated heterocycles. The van der Waals surface area contributed by atoms with E-state index in [0.29, 0.717) is 11.6 Å². The maximum absolute atomic E-state index is 11.1. The summed E-state index contributed by atoms with van der Waals surface area (Å²) in [5.74, 6) is 1.28. The van der Waals surface area contributed by atoms with Crippen LogP contribution in [-0.4, -0.2) is 35.3 Å². The lowest BCUT2D eigenvalue weighted by atomic mass is 10.1. The Balaban J connectivity index is 2.08. The van der Waals surface area contributed by atoms with Gasteiger partial charge in [-0.25, -0.2) is 9.67 Å². The van der Waals surface area contributed by atoms with E-state index < -0.39 is 0 Å². The highest BCUT2D eigenvalue weighted by atomic mass is 16.5. The van der Waals surface area contributed by atoms with E-state index in [0.717, 1.165) is 29.0 Å². The fourth-order valence-electron chi connectivity index (χ4n) is 2.24. The van der Waals surface area contributed by atoms with Gasteiger partial charge in [-0.3, -0.25) is 4.79 Å². The summed E-state index contributed by atoms with van der Waals surface area (Å²) in [6.45, 7) is 0. The molecule has 0 aliphatic rings. The quantitative estimate of drug-likeness (QED) is 0.678. The minimum absolute atomic E-state index is 0.353. The second-order valence-corrected chi connectivity index (χ2v) is 4.77. The topological polar surface area (TPSA) is 66.2 Å². The summed E-state index contributed by atoms with van der Waals surface area (Å²) in [5, 5.41) is 4.31. The van der Waals surface area contributed by atoms with Crippen LogP contribution in [0.3, 0.4) is 0 Å². The number of hydrogen-bond acceptors (Lipinski definition) is 5. The van der Waals surface area contributed by atoms with Crippen LogP contribution < -0.4 is 9.47 Å². The molecule has 2 aromatic heterocycles. The molecule has 23 heavy (non-hydrogen) atoms. The maximum atomic E-state index is 11.1. The van der Waals surface area contributed by atoms with Crippen LogP contribution in [0.1, 0.15) is 10.5 Å². The number of methoxy groups -OCH3 is 2. The lowest BCUT2D eigenvalue weighted by Crippen LogP contribution is -2.01. The molecule has 0 unspecified atom stereocenters. The Morgan fingerprint density at radius 3 is 2.39 bits per heavy atom. The summed E-state index contributed by atoms with van der Waals surface area (Å²) < 4.78 is 11.9. The summed E-state index contributed by atoms with van der Waals surface area (Å²) in [5.41, 5.74) is 2.81. The van der Waals surface area contributed by atoms with Crippen LogP contribution in [0.4, 0.5) is 0 Å². The van der Waals surface area contributed by atoms with Gasteiger partial charge in [-0.15, -0.1) is 0 Å². The molecular weight excluding hydrogens is 294 g/mol. The highest BCUT2D eigenvalue weighted by Crippen LogP contribution is 2.26. The van der Waals surface area contributed by atoms with Crippen LogP contribution in [0.15, 0.2) is 48.7 Å². The molecule has 0 aliphatic carbocycles. The van der Waals surface area contributed by atoms with E-state index in [1.54, 1.807) is 37.2 Å². The normalized spacial score (nSPS) is 10.3.